The summed E-state index contributed by atoms with van der Waals surface area (Å²) in [6.45, 7) is 0. The molecule has 0 unspecified atom stereocenters. The van der Waals surface area contributed by atoms with Gasteiger partial charge in [-0.05, 0) is 75.8 Å². The van der Waals surface area contributed by atoms with Crippen LogP contribution < -0.4 is 86.8 Å². The minimum absolute atomic E-state index is 0.911. The third kappa shape index (κ3) is 6.50. The second-order valence-corrected chi connectivity index (χ2v) is 17.4. The van der Waals surface area contributed by atoms with E-state index >= 15 is 0 Å². The van der Waals surface area contributed by atoms with Crippen molar-refractivity contribution < 1.29 is 4.42 Å². The number of nitrogens with zero attached hydrogens (tertiary/aromatic N) is 1. The maximum Gasteiger partial charge on any atom is 0.141 e. The highest BCUT2D eigenvalue weighted by molar-refractivity contribution is 6.71. The second-order valence-electron chi connectivity index (χ2n) is 17.4. The Bertz CT molecular complexity index is 2970. The number of para-hydroxylation sites is 1. The molecule has 0 saturated carbocycles. The zero-order valence-electron chi connectivity index (χ0n) is 37.9. The Labute approximate surface area is 364 Å². The zero-order chi connectivity index (χ0) is 42.3. The van der Waals surface area contributed by atoms with Crippen molar-refractivity contribution in [2.75, 3.05) is 4.90 Å². The van der Waals surface area contributed by atoms with E-state index in [-0.39, 0.29) is 0 Å². The number of furan rings is 1. The van der Waals surface area contributed by atoms with Gasteiger partial charge in [-0.1, -0.05) is 86.2 Å². The molecule has 0 bridgehead atoms. The van der Waals surface area contributed by atoms with Crippen LogP contribution in [0.15, 0.2) is 89.3 Å². The fourth-order valence-electron chi connectivity index (χ4n) is 9.88. The molecule has 0 fully saturated rings. The van der Waals surface area contributed by atoms with Gasteiger partial charge in [0, 0.05) is 27.8 Å². The molecule has 0 N–H and O–H groups in total. The molecule has 59 heavy (non-hydrogen) atoms. The first-order valence-corrected chi connectivity index (χ1v) is 21.2. The summed E-state index contributed by atoms with van der Waals surface area (Å²) in [6, 6.07) is 31.6. The van der Waals surface area contributed by atoms with Crippen LogP contribution in [0.2, 0.25) is 0 Å². The van der Waals surface area contributed by atoms with Gasteiger partial charge >= 0.3 is 0 Å². The van der Waals surface area contributed by atoms with Crippen LogP contribution in [0.5, 0.6) is 0 Å². The second kappa shape index (κ2) is 15.3. The number of hydrogen-bond acceptors (Lipinski definition) is 2. The smallest absolute Gasteiger partial charge is 0.141 e. The molecule has 7 aromatic carbocycles. The van der Waals surface area contributed by atoms with Crippen molar-refractivity contribution in [1.29, 1.82) is 0 Å². The molecule has 2 nitrogen and oxygen atoms in total. The molecule has 0 aliphatic heterocycles. The molecular weight excluding hydrogens is 697 g/mol. The van der Waals surface area contributed by atoms with E-state index < -0.39 is 0 Å². The van der Waals surface area contributed by atoms with Gasteiger partial charge in [-0.25, -0.2) is 0 Å². The van der Waals surface area contributed by atoms with Crippen molar-refractivity contribution in [2.45, 2.75) is 0 Å². The van der Waals surface area contributed by atoms with Crippen LogP contribution in [0.3, 0.4) is 0 Å². The molecule has 8 aromatic rings. The molecule has 0 radical (unpaired) electrons. The van der Waals surface area contributed by atoms with Gasteiger partial charge in [0.25, 0.3) is 0 Å². The average molecular weight is 741 g/mol. The van der Waals surface area contributed by atoms with Gasteiger partial charge in [-0.15, -0.1) is 38.2 Å². The Morgan fingerprint density at radius 2 is 0.729 bits per heavy atom. The van der Waals surface area contributed by atoms with Crippen molar-refractivity contribution in [2.24, 2.45) is 0 Å². The van der Waals surface area contributed by atoms with Gasteiger partial charge in [0.1, 0.15) is 129 Å². The molecule has 1 heterocycles. The molecule has 0 amide bonds. The first-order chi connectivity index (χ1) is 28.0. The number of anilines is 3. The van der Waals surface area contributed by atoms with Crippen molar-refractivity contribution in [1.82, 2.24) is 0 Å². The summed E-state index contributed by atoms with van der Waals surface area (Å²) in [5.74, 6) is 0. The molecule has 0 saturated heterocycles. The van der Waals surface area contributed by atoms with Crippen molar-refractivity contribution in [3.63, 3.8) is 0 Å². The summed E-state index contributed by atoms with van der Waals surface area (Å²) in [6.07, 6.45) is 0. The van der Waals surface area contributed by atoms with Gasteiger partial charge < -0.3 is 9.32 Å². The normalized spacial score (nSPS) is 11.4. The van der Waals surface area contributed by atoms with Crippen LogP contribution in [-0.2, 0) is 0 Å². The number of fused-ring (bicyclic) bond motifs is 3. The zero-order valence-corrected chi connectivity index (χ0v) is 37.9. The fraction of sp³-hybridized carbons (Fsp3) is 0. The third-order valence-corrected chi connectivity index (χ3v) is 14.8. The summed E-state index contributed by atoms with van der Waals surface area (Å²) in [4.78, 5) is 2.48. The van der Waals surface area contributed by atoms with E-state index in [1.165, 1.54) is 121 Å². The standard InChI is InChI=1S/C42H44B15NO/c43-27-24(28(44)32(48)35(51)31(27)47)16-7-11-19(12-8-16)58(42-40(56)38(54)37(53)39(55)41(42)57)18-9-5-15(6-10-18)21-13-17(25-29(45)33(49)36(52)34(50)30(25)46)14-23-26(21)20-3-1-2-4-22(20)59-23/h1-14H,43-57H2. The summed E-state index contributed by atoms with van der Waals surface area (Å²) < 4.78 is 6.64. The quantitative estimate of drug-likeness (QED) is 0.158. The van der Waals surface area contributed by atoms with Gasteiger partial charge in [-0.2, -0.15) is 0 Å². The van der Waals surface area contributed by atoms with Crippen molar-refractivity contribution >= 4 is 239 Å². The highest BCUT2D eigenvalue weighted by Crippen LogP contribution is 2.41. The summed E-state index contributed by atoms with van der Waals surface area (Å²) in [5, 5.41) is 2.30. The minimum atomic E-state index is 0.911. The molecule has 0 aliphatic carbocycles. The predicted octanol–water partition coefficient (Wildman–Crippen LogP) is -14.1. The lowest BCUT2D eigenvalue weighted by molar-refractivity contribution is 0.669. The molecule has 0 atom stereocenters. The first kappa shape index (κ1) is 40.9. The van der Waals surface area contributed by atoms with Crippen LogP contribution in [-0.4, -0.2) is 118 Å². The van der Waals surface area contributed by atoms with Crippen LogP contribution in [0.1, 0.15) is 0 Å². The van der Waals surface area contributed by atoms with Crippen molar-refractivity contribution in [3.05, 3.63) is 84.9 Å². The third-order valence-electron chi connectivity index (χ3n) is 14.8. The van der Waals surface area contributed by atoms with Crippen LogP contribution >= 0.6 is 0 Å². The van der Waals surface area contributed by atoms with Gasteiger partial charge in [0.2, 0.25) is 0 Å². The Hall–Kier alpha value is -4.89. The lowest BCUT2D eigenvalue weighted by atomic mass is 9.59. The molecule has 17 heteroatoms. The van der Waals surface area contributed by atoms with E-state index in [2.05, 4.69) is 208 Å². The average Bonchev–Trinajstić information content (AvgIpc) is 3.62. The lowest BCUT2D eigenvalue weighted by Crippen LogP contribution is -2.56. The van der Waals surface area contributed by atoms with E-state index in [1.54, 1.807) is 0 Å². The predicted molar refractivity (Wildman–Crippen MR) is 307 cm³/mol. The Morgan fingerprint density at radius 1 is 0.339 bits per heavy atom. The van der Waals surface area contributed by atoms with Gasteiger partial charge in [0.15, 0.2) is 0 Å². The fourth-order valence-corrected chi connectivity index (χ4v) is 9.88. The molecular formula is C42H44B15NO. The summed E-state index contributed by atoms with van der Waals surface area (Å²) in [7, 11) is 34.0. The topological polar surface area (TPSA) is 16.4 Å². The molecule has 0 spiro atoms. The van der Waals surface area contributed by atoms with Crippen LogP contribution in [0, 0.1) is 0 Å². The van der Waals surface area contributed by atoms with E-state index in [9.17, 15) is 0 Å². The van der Waals surface area contributed by atoms with E-state index in [0.717, 1.165) is 33.3 Å². The molecule has 8 rings (SSSR count). The summed E-state index contributed by atoms with van der Waals surface area (Å²) in [5.41, 5.74) is 33.1. The van der Waals surface area contributed by atoms with E-state index in [0.29, 0.717) is 0 Å². The minimum Gasteiger partial charge on any atom is -0.456 e. The van der Waals surface area contributed by atoms with Crippen LogP contribution in [0.25, 0.3) is 55.3 Å². The van der Waals surface area contributed by atoms with Gasteiger partial charge in [-0.3, -0.25) is 0 Å². The Balaban J connectivity index is 1.33. The molecule has 1 aromatic heterocycles. The maximum absolute atomic E-state index is 6.64. The van der Waals surface area contributed by atoms with E-state index in [4.69, 9.17) is 4.42 Å². The molecule has 0 aliphatic rings. The van der Waals surface area contributed by atoms with Crippen LogP contribution in [0.4, 0.5) is 17.1 Å². The van der Waals surface area contributed by atoms with Gasteiger partial charge in [0.05, 0.1) is 0 Å². The highest BCUT2D eigenvalue weighted by Gasteiger charge is 2.23. The maximum atomic E-state index is 6.64. The Morgan fingerprint density at radius 3 is 1.20 bits per heavy atom. The first-order valence-electron chi connectivity index (χ1n) is 21.2. The summed E-state index contributed by atoms with van der Waals surface area (Å²) >= 11 is 0. The number of hydrogen-bond donors (Lipinski definition) is 0. The Kier molecular flexibility index (Phi) is 10.6. The monoisotopic (exact) mass is 743 g/mol. The lowest BCUT2D eigenvalue weighted by Gasteiger charge is -2.32. The highest BCUT2D eigenvalue weighted by atomic mass is 16.3. The number of benzene rings is 7. The number of rotatable bonds is 6. The largest absolute Gasteiger partial charge is 0.456 e. The SMILES string of the molecule is Bc1c(B)c(B)c(-c2ccc(N(c3ccc(-c4cc(-c5c(B)c(B)c(B)c(B)c5B)cc5oc6ccccc6c45)cc3)c3c(B)c(B)c(B)c(B)c3B)cc2)c(B)c1B. The molecule has 268 valence electrons. The van der Waals surface area contributed by atoms with Crippen molar-refractivity contribution in [3.8, 4) is 33.4 Å². The van der Waals surface area contributed by atoms with E-state index in [1.807, 2.05) is 0 Å².